The summed E-state index contributed by atoms with van der Waals surface area (Å²) in [7, 11) is 0. The van der Waals surface area contributed by atoms with Gasteiger partial charge < -0.3 is 14.4 Å². The summed E-state index contributed by atoms with van der Waals surface area (Å²) in [6.45, 7) is 7.21. The van der Waals surface area contributed by atoms with Crippen molar-refractivity contribution in [3.05, 3.63) is 58.6 Å². The molecule has 1 saturated heterocycles. The highest BCUT2D eigenvalue weighted by atomic mass is 35.5. The Bertz CT molecular complexity index is 773. The molecule has 0 saturated carbocycles. The van der Waals surface area contributed by atoms with E-state index in [1.165, 1.54) is 12.8 Å². The molecule has 0 bridgehead atoms. The first kappa shape index (κ1) is 20.0. The summed E-state index contributed by atoms with van der Waals surface area (Å²) in [6, 6.07) is 13.9. The molecule has 1 aliphatic heterocycles. The average Bonchev–Trinajstić information content (AvgIpc) is 2.68. The predicted molar refractivity (Wildman–Crippen MR) is 115 cm³/mol. The molecule has 1 fully saturated rings. The third-order valence-electron chi connectivity index (χ3n) is 4.85. The maximum absolute atomic E-state index is 6.56. The van der Waals surface area contributed by atoms with E-state index in [2.05, 4.69) is 11.8 Å². The summed E-state index contributed by atoms with van der Waals surface area (Å²) >= 11 is 12.3. The van der Waals surface area contributed by atoms with Gasteiger partial charge in [-0.3, -0.25) is 0 Å². The summed E-state index contributed by atoms with van der Waals surface area (Å²) in [6.07, 6.45) is 2.34. The molecule has 0 radical (unpaired) electrons. The molecular formula is C22H26ClNO2S. The number of piperidine rings is 1. The topological polar surface area (TPSA) is 21.7 Å². The third-order valence-corrected chi connectivity index (χ3v) is 5.63. The molecule has 0 N–H and O–H groups in total. The van der Waals surface area contributed by atoms with Gasteiger partial charge in [0.05, 0.1) is 11.6 Å². The lowest BCUT2D eigenvalue weighted by Gasteiger charge is -2.32. The first-order valence-corrected chi connectivity index (χ1v) is 10.3. The quantitative estimate of drug-likeness (QED) is 0.574. The number of ether oxygens (including phenoxy) is 2. The van der Waals surface area contributed by atoms with E-state index in [-0.39, 0.29) is 0 Å². The smallest absolute Gasteiger partial charge is 0.180 e. The minimum Gasteiger partial charge on any atom is -0.490 e. The van der Waals surface area contributed by atoms with Gasteiger partial charge in [0.1, 0.15) is 11.6 Å². The molecule has 144 valence electrons. The standard InChI is InChI=1S/C22H26ClNO2S/c1-3-25-20-14-18(22(27)24-11-9-16(2)10-12-24)13-19(23)21(20)26-15-17-7-5-4-6-8-17/h4-8,13-14,16H,3,9-12,15H2,1-2H3. The van der Waals surface area contributed by atoms with Crippen LogP contribution in [0.2, 0.25) is 5.02 Å². The monoisotopic (exact) mass is 403 g/mol. The van der Waals surface area contributed by atoms with Crippen LogP contribution in [-0.2, 0) is 6.61 Å². The number of hydrogen-bond donors (Lipinski definition) is 0. The Morgan fingerprint density at radius 1 is 1.15 bits per heavy atom. The number of thiocarbonyl (C=S) groups is 1. The molecule has 1 aliphatic rings. The fraction of sp³-hybridized carbons (Fsp3) is 0.409. The predicted octanol–water partition coefficient (Wildman–Crippen LogP) is 5.73. The van der Waals surface area contributed by atoms with Crippen molar-refractivity contribution in [1.29, 1.82) is 0 Å². The van der Waals surface area contributed by atoms with E-state index in [1.54, 1.807) is 0 Å². The second-order valence-corrected chi connectivity index (χ2v) is 7.76. The van der Waals surface area contributed by atoms with E-state index < -0.39 is 0 Å². The number of likely N-dealkylation sites (tertiary alicyclic amines) is 1. The van der Waals surface area contributed by atoms with Crippen LogP contribution in [0.4, 0.5) is 0 Å². The second-order valence-electron chi connectivity index (χ2n) is 6.97. The molecule has 27 heavy (non-hydrogen) atoms. The number of nitrogens with zero attached hydrogens (tertiary/aromatic N) is 1. The van der Waals surface area contributed by atoms with Crippen LogP contribution in [0.3, 0.4) is 0 Å². The molecule has 0 unspecified atom stereocenters. The second kappa shape index (κ2) is 9.43. The Morgan fingerprint density at radius 2 is 1.85 bits per heavy atom. The van der Waals surface area contributed by atoms with Gasteiger partial charge in [0, 0.05) is 18.7 Å². The van der Waals surface area contributed by atoms with Gasteiger partial charge in [0.15, 0.2) is 11.5 Å². The number of halogens is 1. The first-order valence-electron chi connectivity index (χ1n) is 9.50. The van der Waals surface area contributed by atoms with Crippen LogP contribution in [0.1, 0.15) is 37.8 Å². The van der Waals surface area contributed by atoms with E-state index in [0.717, 1.165) is 35.1 Å². The first-order chi connectivity index (χ1) is 13.1. The van der Waals surface area contributed by atoms with Crippen LogP contribution < -0.4 is 9.47 Å². The Balaban J connectivity index is 1.80. The van der Waals surface area contributed by atoms with Crippen molar-refractivity contribution in [1.82, 2.24) is 4.90 Å². The molecule has 2 aromatic carbocycles. The molecule has 5 heteroatoms. The van der Waals surface area contributed by atoms with Gasteiger partial charge in [-0.1, -0.05) is 61.1 Å². The molecule has 1 heterocycles. The maximum Gasteiger partial charge on any atom is 0.180 e. The van der Waals surface area contributed by atoms with Crippen molar-refractivity contribution in [2.75, 3.05) is 19.7 Å². The van der Waals surface area contributed by atoms with Crippen molar-refractivity contribution >= 4 is 28.8 Å². The highest BCUT2D eigenvalue weighted by Crippen LogP contribution is 2.38. The SMILES string of the molecule is CCOc1cc(C(=S)N2CCC(C)CC2)cc(Cl)c1OCc1ccccc1. The lowest BCUT2D eigenvalue weighted by Crippen LogP contribution is -2.37. The summed E-state index contributed by atoms with van der Waals surface area (Å²) in [5, 5.41) is 0.527. The number of benzene rings is 2. The van der Waals surface area contributed by atoms with Gasteiger partial charge in [0.2, 0.25) is 0 Å². The van der Waals surface area contributed by atoms with Gasteiger partial charge >= 0.3 is 0 Å². The lowest BCUT2D eigenvalue weighted by atomic mass is 9.99. The minimum atomic E-state index is 0.439. The van der Waals surface area contributed by atoms with E-state index in [1.807, 2.05) is 49.4 Å². The van der Waals surface area contributed by atoms with Crippen molar-refractivity contribution in [3.63, 3.8) is 0 Å². The Kier molecular flexibility index (Phi) is 6.97. The fourth-order valence-corrected chi connectivity index (χ4v) is 3.78. The van der Waals surface area contributed by atoms with E-state index in [9.17, 15) is 0 Å². The van der Waals surface area contributed by atoms with Gasteiger partial charge in [-0.05, 0) is 43.4 Å². The van der Waals surface area contributed by atoms with E-state index in [0.29, 0.717) is 29.7 Å². The van der Waals surface area contributed by atoms with Crippen LogP contribution in [0, 0.1) is 5.92 Å². The van der Waals surface area contributed by atoms with Crippen LogP contribution in [0.15, 0.2) is 42.5 Å². The zero-order valence-electron chi connectivity index (χ0n) is 15.9. The van der Waals surface area contributed by atoms with Crippen LogP contribution in [-0.4, -0.2) is 29.6 Å². The van der Waals surface area contributed by atoms with Gasteiger partial charge in [-0.2, -0.15) is 0 Å². The zero-order chi connectivity index (χ0) is 19.2. The average molecular weight is 404 g/mol. The molecule has 3 rings (SSSR count). The van der Waals surface area contributed by atoms with Gasteiger partial charge in [-0.25, -0.2) is 0 Å². The number of hydrogen-bond acceptors (Lipinski definition) is 3. The zero-order valence-corrected chi connectivity index (χ0v) is 17.5. The molecular weight excluding hydrogens is 378 g/mol. The van der Waals surface area contributed by atoms with Crippen molar-refractivity contribution < 1.29 is 9.47 Å². The molecule has 3 nitrogen and oxygen atoms in total. The lowest BCUT2D eigenvalue weighted by molar-refractivity contribution is 0.269. The highest BCUT2D eigenvalue weighted by Gasteiger charge is 2.21. The molecule has 0 amide bonds. The summed E-state index contributed by atoms with van der Waals surface area (Å²) in [5.74, 6) is 1.98. The fourth-order valence-electron chi connectivity index (χ4n) is 3.22. The molecule has 0 aliphatic carbocycles. The van der Waals surface area contributed by atoms with E-state index in [4.69, 9.17) is 33.3 Å². The van der Waals surface area contributed by atoms with Crippen LogP contribution in [0.5, 0.6) is 11.5 Å². The summed E-state index contributed by atoms with van der Waals surface area (Å²) in [5.41, 5.74) is 2.00. The Labute approximate surface area is 172 Å². The Morgan fingerprint density at radius 3 is 2.52 bits per heavy atom. The van der Waals surface area contributed by atoms with Crippen LogP contribution >= 0.6 is 23.8 Å². The Hall–Kier alpha value is -1.78. The maximum atomic E-state index is 6.56. The van der Waals surface area contributed by atoms with Crippen molar-refractivity contribution in [3.8, 4) is 11.5 Å². The van der Waals surface area contributed by atoms with Gasteiger partial charge in [0.25, 0.3) is 0 Å². The molecule has 2 aromatic rings. The molecule has 0 spiro atoms. The number of rotatable bonds is 6. The highest BCUT2D eigenvalue weighted by molar-refractivity contribution is 7.80. The van der Waals surface area contributed by atoms with Gasteiger partial charge in [-0.15, -0.1) is 0 Å². The van der Waals surface area contributed by atoms with Crippen molar-refractivity contribution in [2.24, 2.45) is 5.92 Å². The summed E-state index contributed by atoms with van der Waals surface area (Å²) in [4.78, 5) is 3.10. The molecule has 0 atom stereocenters. The molecule has 0 aromatic heterocycles. The van der Waals surface area contributed by atoms with Crippen LogP contribution in [0.25, 0.3) is 0 Å². The summed E-state index contributed by atoms with van der Waals surface area (Å²) < 4.78 is 11.8. The normalized spacial score (nSPS) is 14.9. The third kappa shape index (κ3) is 5.14. The minimum absolute atomic E-state index is 0.439. The van der Waals surface area contributed by atoms with Crippen molar-refractivity contribution in [2.45, 2.75) is 33.3 Å². The van der Waals surface area contributed by atoms with E-state index >= 15 is 0 Å². The largest absolute Gasteiger partial charge is 0.490 e.